The van der Waals surface area contributed by atoms with Crippen LogP contribution >= 0.6 is 23.2 Å². The number of anilines is 2. The number of carbonyl (C=O) groups excluding carboxylic acids is 1. The Morgan fingerprint density at radius 2 is 1.03 bits per heavy atom. The highest BCUT2D eigenvalue weighted by atomic mass is 35.5. The molecule has 2 atom stereocenters. The minimum absolute atomic E-state index is 0.134. The number of halogens is 2. The van der Waals surface area contributed by atoms with Gasteiger partial charge in [0.2, 0.25) is 0 Å². The molecule has 5 nitrogen and oxygen atoms in total. The number of hydrogen-bond donors (Lipinski definition) is 0. The van der Waals surface area contributed by atoms with Gasteiger partial charge in [0, 0.05) is 85.6 Å². The predicted octanol–water partition coefficient (Wildman–Crippen LogP) is 4.97. The molecule has 0 amide bonds. The molecule has 4 rings (SSSR count). The Hall–Kier alpha value is -1.79. The van der Waals surface area contributed by atoms with Crippen LogP contribution in [0.2, 0.25) is 10.0 Å². The second kappa shape index (κ2) is 10.9. The Morgan fingerprint density at radius 1 is 0.676 bits per heavy atom. The number of likely N-dealkylation sites (N-methyl/N-ethyl adjacent to an activating group) is 2. The summed E-state index contributed by atoms with van der Waals surface area (Å²) in [5, 5.41) is 1.28. The summed E-state index contributed by atoms with van der Waals surface area (Å²) in [6.07, 6.45) is 0. The zero-order chi connectivity index (χ0) is 24.4. The highest BCUT2D eigenvalue weighted by molar-refractivity contribution is 6.32. The van der Waals surface area contributed by atoms with Gasteiger partial charge in [0.05, 0.1) is 0 Å². The lowest BCUT2D eigenvalue weighted by atomic mass is 9.85. The lowest BCUT2D eigenvalue weighted by Gasteiger charge is -2.35. The van der Waals surface area contributed by atoms with E-state index < -0.39 is 0 Å². The SMILES string of the molecule is CC(C(=O)C(C)c1cc(N2CCN(C)CC2)ccc1Cl)c1cc(N2CCN(C)CC2)ccc1Cl. The van der Waals surface area contributed by atoms with Gasteiger partial charge in [-0.1, -0.05) is 37.0 Å². The third kappa shape index (κ3) is 5.54. The molecule has 2 aliphatic rings. The summed E-state index contributed by atoms with van der Waals surface area (Å²) in [6.45, 7) is 12.0. The zero-order valence-electron chi connectivity index (χ0n) is 20.7. The van der Waals surface area contributed by atoms with Crippen LogP contribution in [0.25, 0.3) is 0 Å². The van der Waals surface area contributed by atoms with Crippen molar-refractivity contribution >= 4 is 40.4 Å². The van der Waals surface area contributed by atoms with Crippen molar-refractivity contribution in [2.24, 2.45) is 0 Å². The molecule has 2 saturated heterocycles. The van der Waals surface area contributed by atoms with Crippen molar-refractivity contribution < 1.29 is 4.79 Å². The van der Waals surface area contributed by atoms with E-state index in [1.54, 1.807) is 0 Å². The van der Waals surface area contributed by atoms with Gasteiger partial charge >= 0.3 is 0 Å². The first-order valence-electron chi connectivity index (χ1n) is 12.2. The Balaban J connectivity index is 1.54. The molecule has 2 fully saturated rings. The number of benzene rings is 2. The van der Waals surface area contributed by atoms with Gasteiger partial charge in [0.15, 0.2) is 0 Å². The summed E-state index contributed by atoms with van der Waals surface area (Å²) in [6, 6.07) is 12.2. The van der Waals surface area contributed by atoms with Crippen molar-refractivity contribution in [2.45, 2.75) is 25.7 Å². The maximum atomic E-state index is 13.7. The van der Waals surface area contributed by atoms with Gasteiger partial charge in [-0.25, -0.2) is 0 Å². The third-order valence-corrected chi connectivity index (χ3v) is 8.17. The maximum Gasteiger partial charge on any atom is 0.147 e. The summed E-state index contributed by atoms with van der Waals surface area (Å²) in [5.41, 5.74) is 4.05. The van der Waals surface area contributed by atoms with Gasteiger partial charge in [-0.15, -0.1) is 0 Å². The van der Waals surface area contributed by atoms with Crippen molar-refractivity contribution in [1.29, 1.82) is 0 Å². The van der Waals surface area contributed by atoms with Crippen LogP contribution in [0.1, 0.15) is 36.8 Å². The van der Waals surface area contributed by atoms with Gasteiger partial charge in [0.1, 0.15) is 5.78 Å². The number of piperazine rings is 2. The van der Waals surface area contributed by atoms with Gasteiger partial charge in [-0.3, -0.25) is 4.79 Å². The number of ketones is 1. The lowest BCUT2D eigenvalue weighted by molar-refractivity contribution is -0.121. The molecule has 0 N–H and O–H groups in total. The Kier molecular flexibility index (Phi) is 8.08. The number of rotatable bonds is 6. The molecule has 0 aliphatic carbocycles. The van der Waals surface area contributed by atoms with Crippen molar-refractivity contribution in [3.8, 4) is 0 Å². The average Bonchev–Trinajstić information content (AvgIpc) is 2.84. The molecule has 2 unspecified atom stereocenters. The second-order valence-corrected chi connectivity index (χ2v) is 10.7. The van der Waals surface area contributed by atoms with E-state index in [1.165, 1.54) is 0 Å². The van der Waals surface area contributed by atoms with E-state index in [9.17, 15) is 4.79 Å². The Bertz CT molecular complexity index is 934. The van der Waals surface area contributed by atoms with Crippen LogP contribution in [0.5, 0.6) is 0 Å². The van der Waals surface area contributed by atoms with Crippen LogP contribution < -0.4 is 9.80 Å². The molecule has 2 aromatic rings. The summed E-state index contributed by atoms with van der Waals surface area (Å²) in [7, 11) is 4.30. The van der Waals surface area contributed by atoms with Gasteiger partial charge in [-0.05, 0) is 61.6 Å². The van der Waals surface area contributed by atoms with E-state index in [0.29, 0.717) is 10.0 Å². The van der Waals surface area contributed by atoms with Gasteiger partial charge < -0.3 is 19.6 Å². The molecule has 184 valence electrons. The van der Waals surface area contributed by atoms with E-state index in [1.807, 2.05) is 26.0 Å². The van der Waals surface area contributed by atoms with Crippen LogP contribution in [-0.4, -0.2) is 82.0 Å². The normalized spacial score (nSPS) is 19.8. The van der Waals surface area contributed by atoms with Gasteiger partial charge in [0.25, 0.3) is 0 Å². The fourth-order valence-electron chi connectivity index (χ4n) is 4.93. The van der Waals surface area contributed by atoms with Crippen molar-refractivity contribution in [3.05, 3.63) is 57.6 Å². The fraction of sp³-hybridized carbons (Fsp3) is 0.519. The second-order valence-electron chi connectivity index (χ2n) is 9.84. The highest BCUT2D eigenvalue weighted by Gasteiger charge is 2.27. The van der Waals surface area contributed by atoms with E-state index >= 15 is 0 Å². The molecule has 0 bridgehead atoms. The molecular formula is C27H36Cl2N4O. The Labute approximate surface area is 214 Å². The number of Topliss-reactive ketones (excluding diaryl/α,β-unsaturated/α-hetero) is 1. The van der Waals surface area contributed by atoms with Crippen LogP contribution in [0.3, 0.4) is 0 Å². The molecule has 0 spiro atoms. The predicted molar refractivity (Wildman–Crippen MR) is 144 cm³/mol. The average molecular weight is 504 g/mol. The molecule has 7 heteroatoms. The molecule has 34 heavy (non-hydrogen) atoms. The molecule has 0 radical (unpaired) electrons. The minimum Gasteiger partial charge on any atom is -0.369 e. The maximum absolute atomic E-state index is 13.7. The fourth-order valence-corrected chi connectivity index (χ4v) is 5.49. The van der Waals surface area contributed by atoms with Crippen LogP contribution in [0.4, 0.5) is 11.4 Å². The minimum atomic E-state index is -0.321. The summed E-state index contributed by atoms with van der Waals surface area (Å²) < 4.78 is 0. The topological polar surface area (TPSA) is 30.0 Å². The third-order valence-electron chi connectivity index (χ3n) is 7.48. The molecular weight excluding hydrogens is 467 g/mol. The zero-order valence-corrected chi connectivity index (χ0v) is 22.2. The standard InChI is InChI=1S/C27H36Cl2N4O/c1-19(23-17-21(5-7-25(23)28)32-13-9-30(3)10-14-32)27(34)20(2)24-18-22(6-8-26(24)29)33-15-11-31(4)12-16-33/h5-8,17-20H,9-16H2,1-4H3. The van der Waals surface area contributed by atoms with E-state index in [2.05, 4.69) is 58.0 Å². The van der Waals surface area contributed by atoms with Gasteiger partial charge in [-0.2, -0.15) is 0 Å². The highest BCUT2D eigenvalue weighted by Crippen LogP contribution is 2.36. The first kappa shape index (κ1) is 25.3. The van der Waals surface area contributed by atoms with Crippen LogP contribution in [-0.2, 0) is 4.79 Å². The summed E-state index contributed by atoms with van der Waals surface area (Å²) in [4.78, 5) is 23.1. The number of nitrogens with zero attached hydrogens (tertiary/aromatic N) is 4. The van der Waals surface area contributed by atoms with E-state index in [0.717, 1.165) is 74.9 Å². The van der Waals surface area contributed by atoms with Crippen LogP contribution in [0, 0.1) is 0 Å². The molecule has 2 aliphatic heterocycles. The van der Waals surface area contributed by atoms with Crippen molar-refractivity contribution in [2.75, 3.05) is 76.3 Å². The van der Waals surface area contributed by atoms with E-state index in [-0.39, 0.29) is 17.6 Å². The van der Waals surface area contributed by atoms with Crippen molar-refractivity contribution in [1.82, 2.24) is 9.80 Å². The summed E-state index contributed by atoms with van der Waals surface area (Å²) in [5.74, 6) is -0.508. The molecule has 2 aromatic carbocycles. The molecule has 0 aromatic heterocycles. The molecule has 0 saturated carbocycles. The Morgan fingerprint density at radius 3 is 1.38 bits per heavy atom. The largest absolute Gasteiger partial charge is 0.369 e. The molecule has 2 heterocycles. The monoisotopic (exact) mass is 502 g/mol. The van der Waals surface area contributed by atoms with E-state index in [4.69, 9.17) is 23.2 Å². The number of hydrogen-bond acceptors (Lipinski definition) is 5. The lowest BCUT2D eigenvalue weighted by Crippen LogP contribution is -2.44. The number of carbonyl (C=O) groups is 1. The smallest absolute Gasteiger partial charge is 0.147 e. The first-order valence-corrected chi connectivity index (χ1v) is 13.0. The first-order chi connectivity index (χ1) is 16.2. The quantitative estimate of drug-likeness (QED) is 0.555. The summed E-state index contributed by atoms with van der Waals surface area (Å²) >= 11 is 13.2. The van der Waals surface area contributed by atoms with Crippen LogP contribution in [0.15, 0.2) is 36.4 Å². The van der Waals surface area contributed by atoms with Crippen molar-refractivity contribution in [3.63, 3.8) is 0 Å².